The summed E-state index contributed by atoms with van der Waals surface area (Å²) in [7, 11) is 0. The summed E-state index contributed by atoms with van der Waals surface area (Å²) in [5.74, 6) is -1.09. The first kappa shape index (κ1) is 14.0. The Labute approximate surface area is 119 Å². The van der Waals surface area contributed by atoms with Gasteiger partial charge >= 0.3 is 11.8 Å². The Balaban J connectivity index is 1.93. The smallest absolute Gasteiger partial charge is 0.313 e. The molecule has 1 atom stereocenters. The molecule has 0 spiro atoms. The highest BCUT2D eigenvalue weighted by molar-refractivity contribution is 9.10. The molecule has 1 aliphatic heterocycles. The fourth-order valence-electron chi connectivity index (χ4n) is 2.03. The normalized spacial score (nSPS) is 18.4. The zero-order valence-electron chi connectivity index (χ0n) is 10.3. The number of hydrogen-bond acceptors (Lipinski definition) is 3. The van der Waals surface area contributed by atoms with E-state index in [1.807, 2.05) is 0 Å². The predicted molar refractivity (Wildman–Crippen MR) is 74.5 cm³/mol. The van der Waals surface area contributed by atoms with Gasteiger partial charge in [-0.2, -0.15) is 0 Å². The van der Waals surface area contributed by atoms with Gasteiger partial charge in [-0.15, -0.1) is 0 Å². The lowest BCUT2D eigenvalue weighted by Crippen LogP contribution is -2.38. The molecule has 19 heavy (non-hydrogen) atoms. The van der Waals surface area contributed by atoms with Crippen molar-refractivity contribution in [1.29, 1.82) is 0 Å². The first-order valence-electron chi connectivity index (χ1n) is 6.07. The van der Waals surface area contributed by atoms with Crippen LogP contribution in [-0.2, 0) is 9.59 Å². The fourth-order valence-corrected chi connectivity index (χ4v) is 2.29. The van der Waals surface area contributed by atoms with Crippen molar-refractivity contribution in [3.8, 4) is 0 Å². The molecule has 2 amide bonds. The summed E-state index contributed by atoms with van der Waals surface area (Å²) in [6.07, 6.45) is 0.744. The van der Waals surface area contributed by atoms with Crippen LogP contribution in [0.5, 0.6) is 0 Å². The molecule has 0 saturated carbocycles. The van der Waals surface area contributed by atoms with E-state index in [0.29, 0.717) is 18.8 Å². The molecule has 1 aliphatic rings. The molecular weight excluding hydrogens is 312 g/mol. The second kappa shape index (κ2) is 6.16. The molecular formula is C13H15BrN2O3. The third-order valence-electron chi connectivity index (χ3n) is 3.13. The Bertz CT molecular complexity index is 475. The molecule has 0 radical (unpaired) electrons. The summed E-state index contributed by atoms with van der Waals surface area (Å²) >= 11 is 3.30. The number of carbonyl (C=O) groups is 2. The monoisotopic (exact) mass is 326 g/mol. The van der Waals surface area contributed by atoms with Gasteiger partial charge in [-0.05, 0) is 30.7 Å². The van der Waals surface area contributed by atoms with Crippen LogP contribution in [0.15, 0.2) is 28.7 Å². The van der Waals surface area contributed by atoms with Crippen molar-refractivity contribution in [1.82, 2.24) is 4.90 Å². The summed E-state index contributed by atoms with van der Waals surface area (Å²) in [5.41, 5.74) is 0.583. The average molecular weight is 327 g/mol. The van der Waals surface area contributed by atoms with E-state index < -0.39 is 11.8 Å². The van der Waals surface area contributed by atoms with Crippen LogP contribution in [0.4, 0.5) is 5.69 Å². The van der Waals surface area contributed by atoms with Crippen LogP contribution in [0.3, 0.4) is 0 Å². The van der Waals surface area contributed by atoms with E-state index in [9.17, 15) is 9.59 Å². The third kappa shape index (κ3) is 3.54. The van der Waals surface area contributed by atoms with E-state index in [4.69, 9.17) is 5.11 Å². The minimum atomic E-state index is -0.638. The van der Waals surface area contributed by atoms with Gasteiger partial charge in [0.2, 0.25) is 0 Å². The van der Waals surface area contributed by atoms with Gasteiger partial charge in [0.25, 0.3) is 0 Å². The number of amides is 2. The van der Waals surface area contributed by atoms with Gasteiger partial charge in [0.15, 0.2) is 0 Å². The molecule has 2 rings (SSSR count). The molecule has 0 aliphatic carbocycles. The maximum Gasteiger partial charge on any atom is 0.313 e. The van der Waals surface area contributed by atoms with Crippen LogP contribution in [0, 0.1) is 5.92 Å². The van der Waals surface area contributed by atoms with E-state index in [-0.39, 0.29) is 12.5 Å². The first-order valence-corrected chi connectivity index (χ1v) is 6.86. The lowest BCUT2D eigenvalue weighted by Gasteiger charge is -2.15. The summed E-state index contributed by atoms with van der Waals surface area (Å²) in [5, 5.41) is 11.6. The van der Waals surface area contributed by atoms with E-state index >= 15 is 0 Å². The van der Waals surface area contributed by atoms with E-state index in [1.54, 1.807) is 24.3 Å². The topological polar surface area (TPSA) is 69.6 Å². The molecule has 1 aromatic rings. The maximum atomic E-state index is 11.9. The Morgan fingerprint density at radius 3 is 2.63 bits per heavy atom. The summed E-state index contributed by atoms with van der Waals surface area (Å²) < 4.78 is 0.905. The van der Waals surface area contributed by atoms with Gasteiger partial charge in [-0.3, -0.25) is 9.59 Å². The van der Waals surface area contributed by atoms with Crippen LogP contribution in [0.2, 0.25) is 0 Å². The van der Waals surface area contributed by atoms with E-state index in [2.05, 4.69) is 21.2 Å². The number of benzene rings is 1. The highest BCUT2D eigenvalue weighted by Gasteiger charge is 2.29. The standard InChI is InChI=1S/C13H15BrN2O3/c14-10-1-3-11(4-2-10)15-12(18)13(19)16-6-5-9(7-16)8-17/h1-4,9,17H,5-8H2,(H,15,18). The molecule has 1 aromatic carbocycles. The Morgan fingerprint density at radius 1 is 1.37 bits per heavy atom. The van der Waals surface area contributed by atoms with Crippen LogP contribution >= 0.6 is 15.9 Å². The molecule has 102 valence electrons. The number of likely N-dealkylation sites (tertiary alicyclic amines) is 1. The average Bonchev–Trinajstić information content (AvgIpc) is 2.89. The number of carbonyl (C=O) groups excluding carboxylic acids is 2. The van der Waals surface area contributed by atoms with Crippen molar-refractivity contribution < 1.29 is 14.7 Å². The molecule has 5 nitrogen and oxygen atoms in total. The Kier molecular flexibility index (Phi) is 4.55. The zero-order valence-corrected chi connectivity index (χ0v) is 11.9. The second-order valence-electron chi connectivity index (χ2n) is 4.55. The molecule has 1 saturated heterocycles. The van der Waals surface area contributed by atoms with Crippen LogP contribution in [0.1, 0.15) is 6.42 Å². The fraction of sp³-hybridized carbons (Fsp3) is 0.385. The lowest BCUT2D eigenvalue weighted by atomic mass is 10.1. The van der Waals surface area contributed by atoms with Crippen molar-refractivity contribution in [2.75, 3.05) is 25.0 Å². The molecule has 2 N–H and O–H groups in total. The number of rotatable bonds is 2. The van der Waals surface area contributed by atoms with E-state index in [0.717, 1.165) is 10.9 Å². The number of halogens is 1. The zero-order chi connectivity index (χ0) is 13.8. The van der Waals surface area contributed by atoms with Crippen molar-refractivity contribution in [3.05, 3.63) is 28.7 Å². The SMILES string of the molecule is O=C(Nc1ccc(Br)cc1)C(=O)N1CCC(CO)C1. The van der Waals surface area contributed by atoms with Gasteiger partial charge in [-0.1, -0.05) is 15.9 Å². The number of nitrogens with one attached hydrogen (secondary N) is 1. The Morgan fingerprint density at radius 2 is 2.05 bits per heavy atom. The van der Waals surface area contributed by atoms with Gasteiger partial charge in [0.05, 0.1) is 0 Å². The van der Waals surface area contributed by atoms with Crippen LogP contribution in [-0.4, -0.2) is 41.5 Å². The highest BCUT2D eigenvalue weighted by atomic mass is 79.9. The van der Waals surface area contributed by atoms with Gasteiger partial charge < -0.3 is 15.3 Å². The Hall–Kier alpha value is -1.40. The van der Waals surface area contributed by atoms with E-state index in [1.165, 1.54) is 4.90 Å². The number of aliphatic hydroxyl groups is 1. The number of nitrogens with zero attached hydrogens (tertiary/aromatic N) is 1. The largest absolute Gasteiger partial charge is 0.396 e. The minimum absolute atomic E-state index is 0.0537. The van der Waals surface area contributed by atoms with Crippen molar-refractivity contribution in [3.63, 3.8) is 0 Å². The molecule has 0 bridgehead atoms. The van der Waals surface area contributed by atoms with Crippen molar-refractivity contribution in [2.45, 2.75) is 6.42 Å². The van der Waals surface area contributed by atoms with Crippen LogP contribution in [0.25, 0.3) is 0 Å². The second-order valence-corrected chi connectivity index (χ2v) is 5.47. The lowest BCUT2D eigenvalue weighted by molar-refractivity contribution is -0.142. The molecule has 0 aromatic heterocycles. The number of aliphatic hydroxyl groups excluding tert-OH is 1. The number of anilines is 1. The first-order chi connectivity index (χ1) is 9.10. The summed E-state index contributed by atoms with van der Waals surface area (Å²) in [6, 6.07) is 7.01. The van der Waals surface area contributed by atoms with Gasteiger partial charge in [0, 0.05) is 35.8 Å². The minimum Gasteiger partial charge on any atom is -0.396 e. The van der Waals surface area contributed by atoms with Crippen molar-refractivity contribution >= 4 is 33.4 Å². The maximum absolute atomic E-state index is 11.9. The van der Waals surface area contributed by atoms with Gasteiger partial charge in [-0.25, -0.2) is 0 Å². The molecule has 1 fully saturated rings. The molecule has 1 unspecified atom stereocenters. The summed E-state index contributed by atoms with van der Waals surface area (Å²) in [6.45, 7) is 1.03. The summed E-state index contributed by atoms with van der Waals surface area (Å²) in [4.78, 5) is 25.2. The molecule has 1 heterocycles. The quantitative estimate of drug-likeness (QED) is 0.803. The molecule has 6 heteroatoms. The third-order valence-corrected chi connectivity index (χ3v) is 3.66. The van der Waals surface area contributed by atoms with Crippen LogP contribution < -0.4 is 5.32 Å². The number of hydrogen-bond donors (Lipinski definition) is 2. The predicted octanol–water partition coefficient (Wildman–Crippen LogP) is 1.23. The highest BCUT2D eigenvalue weighted by Crippen LogP contribution is 2.17. The van der Waals surface area contributed by atoms with Gasteiger partial charge in [0.1, 0.15) is 0 Å². The van der Waals surface area contributed by atoms with Crippen molar-refractivity contribution in [2.24, 2.45) is 5.92 Å².